The third-order valence-electron chi connectivity index (χ3n) is 6.08. The number of aryl methyl sites for hydroxylation is 2. The lowest BCUT2D eigenvalue weighted by atomic mass is 10.1. The van der Waals surface area contributed by atoms with E-state index in [1.807, 2.05) is 31.2 Å². The number of nitrogens with zero attached hydrogens (tertiary/aromatic N) is 5. The van der Waals surface area contributed by atoms with Gasteiger partial charge in [0, 0.05) is 35.9 Å². The quantitative estimate of drug-likeness (QED) is 0.476. The standard InChI is InChI=1S/C25H34N6O2S/c1-6-7-8-22-18(4)26-24-28-25(29-31(24)19(22)5)34-15-23(32)27-20-9-11-21(12-10-20)30-13-16(2)33-17(3)14-30/h9-12,16-17H,6-8,13-15H2,1-5H3,(H,27,32). The van der Waals surface area contributed by atoms with Crippen LogP contribution < -0.4 is 10.2 Å². The summed E-state index contributed by atoms with van der Waals surface area (Å²) in [5, 5.41) is 8.11. The molecule has 1 fully saturated rings. The van der Waals surface area contributed by atoms with E-state index in [-0.39, 0.29) is 23.9 Å². The summed E-state index contributed by atoms with van der Waals surface area (Å²) >= 11 is 1.32. The van der Waals surface area contributed by atoms with Gasteiger partial charge in [-0.15, -0.1) is 5.10 Å². The fraction of sp³-hybridized carbons (Fsp3) is 0.520. The molecule has 34 heavy (non-hydrogen) atoms. The van der Waals surface area contributed by atoms with Crippen molar-refractivity contribution in [3.05, 3.63) is 41.2 Å². The first-order chi connectivity index (χ1) is 16.3. The van der Waals surface area contributed by atoms with Gasteiger partial charge in [-0.1, -0.05) is 25.1 Å². The number of nitrogens with one attached hydrogen (secondary N) is 1. The molecular weight excluding hydrogens is 448 g/mol. The van der Waals surface area contributed by atoms with E-state index in [0.29, 0.717) is 10.9 Å². The van der Waals surface area contributed by atoms with Gasteiger partial charge in [-0.2, -0.15) is 4.98 Å². The van der Waals surface area contributed by atoms with Crippen LogP contribution in [0.5, 0.6) is 0 Å². The highest BCUT2D eigenvalue weighted by Crippen LogP contribution is 2.23. The number of thioether (sulfide) groups is 1. The molecule has 1 saturated heterocycles. The maximum atomic E-state index is 12.5. The lowest BCUT2D eigenvalue weighted by Gasteiger charge is -2.36. The van der Waals surface area contributed by atoms with Gasteiger partial charge in [0.25, 0.3) is 5.78 Å². The van der Waals surface area contributed by atoms with E-state index >= 15 is 0 Å². The number of morpholine rings is 1. The number of benzene rings is 1. The number of ether oxygens (including phenoxy) is 1. The zero-order chi connectivity index (χ0) is 24.2. The fourth-order valence-electron chi connectivity index (χ4n) is 4.44. The molecule has 0 spiro atoms. The van der Waals surface area contributed by atoms with Crippen LogP contribution in [0.2, 0.25) is 0 Å². The number of fused-ring (bicyclic) bond motifs is 1. The van der Waals surface area contributed by atoms with E-state index < -0.39 is 0 Å². The Morgan fingerprint density at radius 2 is 1.85 bits per heavy atom. The summed E-state index contributed by atoms with van der Waals surface area (Å²) in [6, 6.07) is 7.98. The molecule has 0 bridgehead atoms. The molecule has 1 aromatic carbocycles. The van der Waals surface area contributed by atoms with Crippen LogP contribution in [0.1, 0.15) is 50.6 Å². The van der Waals surface area contributed by atoms with Gasteiger partial charge in [-0.05, 0) is 70.4 Å². The molecule has 0 saturated carbocycles. The zero-order valence-electron chi connectivity index (χ0n) is 20.7. The van der Waals surface area contributed by atoms with E-state index in [4.69, 9.17) is 4.74 Å². The van der Waals surface area contributed by atoms with Crippen LogP contribution in [0.3, 0.4) is 0 Å². The lowest BCUT2D eigenvalue weighted by molar-refractivity contribution is -0.113. The van der Waals surface area contributed by atoms with E-state index in [0.717, 1.165) is 55.1 Å². The van der Waals surface area contributed by atoms with Gasteiger partial charge in [0.1, 0.15) is 0 Å². The first-order valence-corrected chi connectivity index (χ1v) is 13.0. The zero-order valence-corrected chi connectivity index (χ0v) is 21.5. The fourth-order valence-corrected chi connectivity index (χ4v) is 5.06. The van der Waals surface area contributed by atoms with Crippen LogP contribution in [0.4, 0.5) is 11.4 Å². The Hall–Kier alpha value is -2.65. The van der Waals surface area contributed by atoms with Crippen molar-refractivity contribution in [1.82, 2.24) is 19.6 Å². The summed E-state index contributed by atoms with van der Waals surface area (Å²) in [6.45, 7) is 12.2. The molecule has 3 aromatic rings. The Kier molecular flexibility index (Phi) is 7.73. The third-order valence-corrected chi connectivity index (χ3v) is 6.92. The Labute approximate surface area is 205 Å². The highest BCUT2D eigenvalue weighted by atomic mass is 32.2. The van der Waals surface area contributed by atoms with Gasteiger partial charge in [-0.25, -0.2) is 9.50 Å². The number of hydrogen-bond acceptors (Lipinski definition) is 7. The summed E-state index contributed by atoms with van der Waals surface area (Å²) in [4.78, 5) is 24.0. The van der Waals surface area contributed by atoms with Crippen LogP contribution >= 0.6 is 11.8 Å². The van der Waals surface area contributed by atoms with Gasteiger partial charge >= 0.3 is 0 Å². The number of carbonyl (C=O) groups is 1. The van der Waals surface area contributed by atoms with Gasteiger partial charge < -0.3 is 15.0 Å². The second kappa shape index (κ2) is 10.7. The van der Waals surface area contributed by atoms with Gasteiger partial charge in [0.15, 0.2) is 0 Å². The van der Waals surface area contributed by atoms with Crippen molar-refractivity contribution in [3.8, 4) is 0 Å². The van der Waals surface area contributed by atoms with Crippen LogP contribution in [0, 0.1) is 13.8 Å². The molecule has 2 unspecified atom stereocenters. The summed E-state index contributed by atoms with van der Waals surface area (Å²) in [5.74, 6) is 0.730. The molecule has 1 aliphatic heterocycles. The van der Waals surface area contributed by atoms with Crippen molar-refractivity contribution in [3.63, 3.8) is 0 Å². The minimum absolute atomic E-state index is 0.0882. The Balaban J connectivity index is 1.35. The topological polar surface area (TPSA) is 84.7 Å². The minimum Gasteiger partial charge on any atom is -0.372 e. The molecule has 8 nitrogen and oxygen atoms in total. The molecular formula is C25H34N6O2S. The number of hydrogen-bond donors (Lipinski definition) is 1. The van der Waals surface area contributed by atoms with Crippen LogP contribution in [0.15, 0.2) is 29.4 Å². The molecule has 3 heterocycles. The third kappa shape index (κ3) is 5.70. The SMILES string of the molecule is CCCCc1c(C)nc2nc(SCC(=O)Nc3ccc(N4CC(C)OC(C)C4)cc3)nn2c1C. The first kappa shape index (κ1) is 24.5. The van der Waals surface area contributed by atoms with Crippen molar-refractivity contribution in [2.24, 2.45) is 0 Å². The predicted octanol–water partition coefficient (Wildman–Crippen LogP) is 4.43. The molecule has 0 aliphatic carbocycles. The highest BCUT2D eigenvalue weighted by molar-refractivity contribution is 7.99. The summed E-state index contributed by atoms with van der Waals surface area (Å²) in [6.07, 6.45) is 3.67. The number of amides is 1. The first-order valence-electron chi connectivity index (χ1n) is 12.0. The normalized spacial score (nSPS) is 18.4. The number of aromatic nitrogens is 4. The average Bonchev–Trinajstić information content (AvgIpc) is 3.20. The monoisotopic (exact) mass is 482 g/mol. The summed E-state index contributed by atoms with van der Waals surface area (Å²) < 4.78 is 7.61. The molecule has 2 atom stereocenters. The highest BCUT2D eigenvalue weighted by Gasteiger charge is 2.22. The molecule has 9 heteroatoms. The van der Waals surface area contributed by atoms with Crippen molar-refractivity contribution >= 4 is 34.8 Å². The molecule has 182 valence electrons. The van der Waals surface area contributed by atoms with E-state index in [9.17, 15) is 4.79 Å². The molecule has 4 rings (SSSR count). The number of anilines is 2. The van der Waals surface area contributed by atoms with Crippen molar-refractivity contribution in [2.75, 3.05) is 29.1 Å². The van der Waals surface area contributed by atoms with Crippen LogP contribution in [-0.4, -0.2) is 56.5 Å². The summed E-state index contributed by atoms with van der Waals surface area (Å²) in [7, 11) is 0. The molecule has 1 N–H and O–H groups in total. The number of unbranched alkanes of at least 4 members (excludes halogenated alkanes) is 1. The molecule has 1 aliphatic rings. The van der Waals surface area contributed by atoms with Gasteiger partial charge in [-0.3, -0.25) is 4.79 Å². The Morgan fingerprint density at radius 3 is 2.53 bits per heavy atom. The van der Waals surface area contributed by atoms with Gasteiger partial charge in [0.2, 0.25) is 11.1 Å². The molecule has 0 radical (unpaired) electrons. The maximum Gasteiger partial charge on any atom is 0.253 e. The van der Waals surface area contributed by atoms with E-state index in [2.05, 4.69) is 53.0 Å². The average molecular weight is 483 g/mol. The van der Waals surface area contributed by atoms with Crippen LogP contribution in [-0.2, 0) is 16.0 Å². The second-order valence-corrected chi connectivity index (χ2v) is 9.96. The lowest BCUT2D eigenvalue weighted by Crippen LogP contribution is -2.45. The number of rotatable bonds is 8. The van der Waals surface area contributed by atoms with Crippen molar-refractivity contribution in [1.29, 1.82) is 0 Å². The number of carbonyl (C=O) groups excluding carboxylic acids is 1. The van der Waals surface area contributed by atoms with Gasteiger partial charge in [0.05, 0.1) is 18.0 Å². The Morgan fingerprint density at radius 1 is 1.15 bits per heavy atom. The second-order valence-electron chi connectivity index (χ2n) is 9.02. The maximum absolute atomic E-state index is 12.5. The van der Waals surface area contributed by atoms with Crippen molar-refractivity contribution in [2.45, 2.75) is 71.2 Å². The summed E-state index contributed by atoms with van der Waals surface area (Å²) in [5.41, 5.74) is 5.23. The predicted molar refractivity (Wildman–Crippen MR) is 137 cm³/mol. The Bertz CT molecular complexity index is 1140. The smallest absolute Gasteiger partial charge is 0.253 e. The van der Waals surface area contributed by atoms with Crippen molar-refractivity contribution < 1.29 is 9.53 Å². The largest absolute Gasteiger partial charge is 0.372 e. The minimum atomic E-state index is -0.0882. The van der Waals surface area contributed by atoms with E-state index in [1.54, 1.807) is 4.52 Å². The molecule has 2 aromatic heterocycles. The molecule has 1 amide bonds. The van der Waals surface area contributed by atoms with Crippen LogP contribution in [0.25, 0.3) is 5.78 Å². The van der Waals surface area contributed by atoms with E-state index in [1.165, 1.54) is 17.3 Å².